The summed E-state index contributed by atoms with van der Waals surface area (Å²) in [4.78, 5) is 18.9. The van der Waals surface area contributed by atoms with Gasteiger partial charge >= 0.3 is 0 Å². The minimum Gasteiger partial charge on any atom is -0.283 e. The Labute approximate surface area is 182 Å². The van der Waals surface area contributed by atoms with Gasteiger partial charge in [0.05, 0.1) is 16.6 Å². The molecule has 0 aliphatic heterocycles. The maximum Gasteiger partial charge on any atom is 0.252 e. The summed E-state index contributed by atoms with van der Waals surface area (Å²) in [5.41, 5.74) is 1.69. The molecule has 0 saturated carbocycles. The number of benzene rings is 1. The quantitative estimate of drug-likeness (QED) is 0.461. The van der Waals surface area contributed by atoms with Gasteiger partial charge in [-0.05, 0) is 12.1 Å². The fourth-order valence-electron chi connectivity index (χ4n) is 2.50. The largest absolute Gasteiger partial charge is 0.283 e. The van der Waals surface area contributed by atoms with Gasteiger partial charge in [0.25, 0.3) is 10.0 Å². The fourth-order valence-corrected chi connectivity index (χ4v) is 6.17. The van der Waals surface area contributed by atoms with E-state index in [2.05, 4.69) is 11.6 Å². The zero-order valence-electron chi connectivity index (χ0n) is 15.5. The number of sulfonamides is 1. The Morgan fingerprint density at radius 2 is 1.97 bits per heavy atom. The molecule has 0 atom stereocenters. The second-order valence-electron chi connectivity index (χ2n) is 5.99. The standard InChI is InChI=1S/C19H18ClN3O3S3/c1-3-11-23(19-21-15(13-27-19)14-7-5-4-6-8-14)17(24)12-22(2)29(25,26)18-10-9-16(20)28-18/h3-10,13H,1,11-12H2,2H3. The van der Waals surface area contributed by atoms with Gasteiger partial charge in [-0.15, -0.1) is 29.3 Å². The van der Waals surface area contributed by atoms with Crippen LogP contribution in [-0.4, -0.2) is 43.8 Å². The molecule has 2 heterocycles. The molecule has 6 nitrogen and oxygen atoms in total. The lowest BCUT2D eigenvalue weighted by Gasteiger charge is -2.22. The van der Waals surface area contributed by atoms with E-state index in [9.17, 15) is 13.2 Å². The van der Waals surface area contributed by atoms with E-state index in [1.54, 1.807) is 6.08 Å². The number of hydrogen-bond acceptors (Lipinski definition) is 6. The van der Waals surface area contributed by atoms with E-state index in [1.165, 1.54) is 35.4 Å². The number of hydrogen-bond donors (Lipinski definition) is 0. The topological polar surface area (TPSA) is 70.6 Å². The van der Waals surface area contributed by atoms with E-state index in [0.29, 0.717) is 9.47 Å². The molecule has 1 aromatic carbocycles. The summed E-state index contributed by atoms with van der Waals surface area (Å²) < 4.78 is 26.8. The van der Waals surface area contributed by atoms with E-state index in [-0.39, 0.29) is 17.3 Å². The molecular formula is C19H18ClN3O3S3. The SMILES string of the molecule is C=CCN(C(=O)CN(C)S(=O)(=O)c1ccc(Cl)s1)c1nc(-c2ccccc2)cs1. The molecule has 0 fully saturated rings. The number of rotatable bonds is 8. The van der Waals surface area contributed by atoms with Crippen molar-refractivity contribution < 1.29 is 13.2 Å². The maximum absolute atomic E-state index is 12.9. The number of anilines is 1. The third-order valence-corrected chi connectivity index (χ3v) is 8.34. The third-order valence-electron chi connectivity index (χ3n) is 3.98. The Morgan fingerprint density at radius 1 is 1.24 bits per heavy atom. The lowest BCUT2D eigenvalue weighted by Crippen LogP contribution is -2.41. The van der Waals surface area contributed by atoms with Crippen molar-refractivity contribution >= 4 is 55.3 Å². The highest BCUT2D eigenvalue weighted by molar-refractivity contribution is 7.91. The molecule has 2 aromatic heterocycles. The normalized spacial score (nSPS) is 11.6. The highest BCUT2D eigenvalue weighted by atomic mass is 35.5. The smallest absolute Gasteiger partial charge is 0.252 e. The number of carbonyl (C=O) groups is 1. The molecule has 0 aliphatic rings. The monoisotopic (exact) mass is 467 g/mol. The van der Waals surface area contributed by atoms with Gasteiger partial charge in [0.15, 0.2) is 5.13 Å². The number of likely N-dealkylation sites (N-methyl/N-ethyl adjacent to an activating group) is 1. The van der Waals surface area contributed by atoms with Gasteiger partial charge in [0, 0.05) is 24.5 Å². The van der Waals surface area contributed by atoms with Crippen LogP contribution in [0.2, 0.25) is 4.34 Å². The summed E-state index contributed by atoms with van der Waals surface area (Å²) in [5.74, 6) is -0.396. The molecule has 0 aliphatic carbocycles. The van der Waals surface area contributed by atoms with Crippen molar-refractivity contribution in [3.05, 3.63) is 64.8 Å². The average Bonchev–Trinajstić information content (AvgIpc) is 3.36. The van der Waals surface area contributed by atoms with Crippen LogP contribution in [0, 0.1) is 0 Å². The number of thiophene rings is 1. The van der Waals surface area contributed by atoms with Crippen LogP contribution in [0.5, 0.6) is 0 Å². The van der Waals surface area contributed by atoms with Crippen molar-refractivity contribution in [1.82, 2.24) is 9.29 Å². The van der Waals surface area contributed by atoms with E-state index >= 15 is 0 Å². The van der Waals surface area contributed by atoms with E-state index in [1.807, 2.05) is 35.7 Å². The molecule has 0 unspecified atom stereocenters. The maximum atomic E-state index is 12.9. The first-order valence-corrected chi connectivity index (χ1v) is 12.0. The van der Waals surface area contributed by atoms with Crippen LogP contribution in [0.1, 0.15) is 0 Å². The Morgan fingerprint density at radius 3 is 2.59 bits per heavy atom. The fraction of sp³-hybridized carbons (Fsp3) is 0.158. The zero-order chi connectivity index (χ0) is 21.0. The van der Waals surface area contributed by atoms with Gasteiger partial charge < -0.3 is 0 Å². The molecule has 10 heteroatoms. The third kappa shape index (κ3) is 4.93. The second kappa shape index (κ2) is 9.19. The molecule has 3 rings (SSSR count). The first-order valence-electron chi connectivity index (χ1n) is 8.47. The average molecular weight is 468 g/mol. The molecule has 1 amide bonds. The van der Waals surface area contributed by atoms with Crippen molar-refractivity contribution in [2.45, 2.75) is 4.21 Å². The van der Waals surface area contributed by atoms with Crippen LogP contribution in [-0.2, 0) is 14.8 Å². The zero-order valence-corrected chi connectivity index (χ0v) is 18.7. The Balaban J connectivity index is 1.80. The highest BCUT2D eigenvalue weighted by Crippen LogP contribution is 2.29. The van der Waals surface area contributed by atoms with Crippen LogP contribution >= 0.6 is 34.3 Å². The summed E-state index contributed by atoms with van der Waals surface area (Å²) in [5, 5.41) is 2.35. The Kier molecular flexibility index (Phi) is 6.86. The second-order valence-corrected chi connectivity index (χ2v) is 10.8. The van der Waals surface area contributed by atoms with Gasteiger partial charge in [-0.2, -0.15) is 4.31 Å². The molecule has 0 N–H and O–H groups in total. The van der Waals surface area contributed by atoms with Crippen LogP contribution in [0.25, 0.3) is 11.3 Å². The molecule has 29 heavy (non-hydrogen) atoms. The summed E-state index contributed by atoms with van der Waals surface area (Å²) >= 11 is 8.11. The number of thiazole rings is 1. The Bertz CT molecular complexity index is 1110. The lowest BCUT2D eigenvalue weighted by atomic mass is 10.2. The predicted octanol–water partition coefficient (Wildman–Crippen LogP) is 4.36. The Hall–Kier alpha value is -2.04. The molecule has 0 radical (unpaired) electrons. The number of carbonyl (C=O) groups excluding carboxylic acids is 1. The number of nitrogens with zero attached hydrogens (tertiary/aromatic N) is 3. The van der Waals surface area contributed by atoms with Crippen molar-refractivity contribution in [3.63, 3.8) is 0 Å². The number of halogens is 1. The summed E-state index contributed by atoms with van der Waals surface area (Å²) in [7, 11) is -2.44. The minimum absolute atomic E-state index is 0.0914. The first kappa shape index (κ1) is 21.7. The van der Waals surface area contributed by atoms with Crippen molar-refractivity contribution in [3.8, 4) is 11.3 Å². The van der Waals surface area contributed by atoms with Crippen molar-refractivity contribution in [2.75, 3.05) is 25.0 Å². The molecule has 0 saturated heterocycles. The van der Waals surface area contributed by atoms with Gasteiger partial charge in [0.1, 0.15) is 4.21 Å². The van der Waals surface area contributed by atoms with E-state index < -0.39 is 15.9 Å². The highest BCUT2D eigenvalue weighted by Gasteiger charge is 2.27. The van der Waals surface area contributed by atoms with Crippen LogP contribution in [0.4, 0.5) is 5.13 Å². The summed E-state index contributed by atoms with van der Waals surface area (Å²) in [6.07, 6.45) is 1.58. The predicted molar refractivity (Wildman–Crippen MR) is 119 cm³/mol. The van der Waals surface area contributed by atoms with Crippen molar-refractivity contribution in [2.24, 2.45) is 0 Å². The molecule has 0 bridgehead atoms. The molecular weight excluding hydrogens is 450 g/mol. The van der Waals surface area contributed by atoms with Gasteiger partial charge in [-0.1, -0.05) is 48.0 Å². The first-order chi connectivity index (χ1) is 13.8. The van der Waals surface area contributed by atoms with E-state index in [4.69, 9.17) is 11.6 Å². The summed E-state index contributed by atoms with van der Waals surface area (Å²) in [6.45, 7) is 3.58. The van der Waals surface area contributed by atoms with Crippen LogP contribution in [0.3, 0.4) is 0 Å². The molecule has 0 spiro atoms. The number of amides is 1. The van der Waals surface area contributed by atoms with Crippen molar-refractivity contribution in [1.29, 1.82) is 0 Å². The number of aromatic nitrogens is 1. The molecule has 3 aromatic rings. The summed E-state index contributed by atoms with van der Waals surface area (Å²) in [6, 6.07) is 12.6. The van der Waals surface area contributed by atoms with Gasteiger partial charge in [-0.25, -0.2) is 13.4 Å². The van der Waals surface area contributed by atoms with Crippen LogP contribution in [0.15, 0.2) is 64.7 Å². The minimum atomic E-state index is -3.80. The van der Waals surface area contributed by atoms with Crippen LogP contribution < -0.4 is 4.90 Å². The van der Waals surface area contributed by atoms with Gasteiger partial charge in [-0.3, -0.25) is 9.69 Å². The van der Waals surface area contributed by atoms with E-state index in [0.717, 1.165) is 26.9 Å². The van der Waals surface area contributed by atoms with Gasteiger partial charge in [0.2, 0.25) is 5.91 Å². The molecule has 152 valence electrons. The lowest BCUT2D eigenvalue weighted by molar-refractivity contribution is -0.118.